The Morgan fingerprint density at radius 3 is 2.75 bits per heavy atom. The molecular weight excluding hydrogens is 325 g/mol. The Kier molecular flexibility index (Phi) is 4.87. The lowest BCUT2D eigenvalue weighted by Gasteiger charge is -2.10. The minimum atomic E-state index is -0.402. The Hall–Kier alpha value is -1.72. The van der Waals surface area contributed by atoms with Gasteiger partial charge in [0, 0.05) is 23.9 Å². The second kappa shape index (κ2) is 6.63. The standard InChI is InChI=1S/C15H13BrFNO2/c1-20-9-11-4-2-3-5-14(11)18-15(19)10-6-7-13(17)12(16)8-10/h2-8H,9H2,1H3,(H,18,19). The van der Waals surface area contributed by atoms with E-state index in [-0.39, 0.29) is 10.4 Å². The second-order valence-electron chi connectivity index (χ2n) is 4.17. The van der Waals surface area contributed by atoms with Crippen LogP contribution in [0.3, 0.4) is 0 Å². The van der Waals surface area contributed by atoms with Gasteiger partial charge in [-0.3, -0.25) is 4.79 Å². The second-order valence-corrected chi connectivity index (χ2v) is 5.03. The van der Waals surface area contributed by atoms with Crippen LogP contribution in [0.15, 0.2) is 46.9 Å². The molecule has 0 aliphatic rings. The molecule has 0 saturated carbocycles. The third kappa shape index (κ3) is 3.43. The Morgan fingerprint density at radius 2 is 2.05 bits per heavy atom. The lowest BCUT2D eigenvalue weighted by Crippen LogP contribution is -2.13. The van der Waals surface area contributed by atoms with Crippen LogP contribution < -0.4 is 5.32 Å². The van der Waals surface area contributed by atoms with Gasteiger partial charge in [-0.05, 0) is 40.2 Å². The van der Waals surface area contributed by atoms with E-state index in [9.17, 15) is 9.18 Å². The SMILES string of the molecule is COCc1ccccc1NC(=O)c1ccc(F)c(Br)c1. The van der Waals surface area contributed by atoms with Crippen LogP contribution in [0.4, 0.5) is 10.1 Å². The lowest BCUT2D eigenvalue weighted by molar-refractivity contribution is 0.102. The Labute approximate surface area is 124 Å². The summed E-state index contributed by atoms with van der Waals surface area (Å²) in [5.41, 5.74) is 1.94. The van der Waals surface area contributed by atoms with E-state index in [0.717, 1.165) is 5.56 Å². The number of benzene rings is 2. The maximum Gasteiger partial charge on any atom is 0.255 e. The maximum atomic E-state index is 13.2. The Balaban J connectivity index is 2.21. The molecule has 0 saturated heterocycles. The van der Waals surface area contributed by atoms with Crippen molar-refractivity contribution in [2.75, 3.05) is 12.4 Å². The first-order chi connectivity index (χ1) is 9.61. The summed E-state index contributed by atoms with van der Waals surface area (Å²) in [5.74, 6) is -0.699. The largest absolute Gasteiger partial charge is 0.380 e. The van der Waals surface area contributed by atoms with Gasteiger partial charge in [-0.15, -0.1) is 0 Å². The number of hydrogen-bond acceptors (Lipinski definition) is 2. The summed E-state index contributed by atoms with van der Waals surface area (Å²) in [4.78, 5) is 12.1. The van der Waals surface area contributed by atoms with Gasteiger partial charge in [0.1, 0.15) is 5.82 Å². The number of para-hydroxylation sites is 1. The van der Waals surface area contributed by atoms with Gasteiger partial charge in [0.05, 0.1) is 11.1 Å². The number of nitrogens with one attached hydrogen (secondary N) is 1. The summed E-state index contributed by atoms with van der Waals surface area (Å²) in [7, 11) is 1.59. The smallest absolute Gasteiger partial charge is 0.255 e. The highest BCUT2D eigenvalue weighted by atomic mass is 79.9. The highest BCUT2D eigenvalue weighted by Crippen LogP contribution is 2.20. The van der Waals surface area contributed by atoms with Gasteiger partial charge in [0.15, 0.2) is 0 Å². The van der Waals surface area contributed by atoms with Crippen LogP contribution in [0, 0.1) is 5.82 Å². The average Bonchev–Trinajstić information content (AvgIpc) is 2.44. The topological polar surface area (TPSA) is 38.3 Å². The van der Waals surface area contributed by atoms with Crippen molar-refractivity contribution in [3.63, 3.8) is 0 Å². The number of hydrogen-bond donors (Lipinski definition) is 1. The van der Waals surface area contributed by atoms with Gasteiger partial charge in [0.25, 0.3) is 5.91 Å². The molecule has 1 N–H and O–H groups in total. The van der Waals surface area contributed by atoms with Crippen LogP contribution in [0.2, 0.25) is 0 Å². The predicted molar refractivity (Wildman–Crippen MR) is 79.2 cm³/mol. The first-order valence-electron chi connectivity index (χ1n) is 5.95. The summed E-state index contributed by atoms with van der Waals surface area (Å²) in [6, 6.07) is 11.5. The van der Waals surface area contributed by atoms with Crippen LogP contribution in [0.1, 0.15) is 15.9 Å². The molecule has 1 amide bonds. The maximum absolute atomic E-state index is 13.2. The van der Waals surface area contributed by atoms with E-state index in [0.29, 0.717) is 17.9 Å². The van der Waals surface area contributed by atoms with Crippen LogP contribution in [0.25, 0.3) is 0 Å². The number of carbonyl (C=O) groups excluding carboxylic acids is 1. The molecular formula is C15H13BrFNO2. The first kappa shape index (κ1) is 14.7. The summed E-state index contributed by atoms with van der Waals surface area (Å²) in [6.07, 6.45) is 0. The van der Waals surface area contributed by atoms with Crippen LogP contribution in [-0.2, 0) is 11.3 Å². The zero-order chi connectivity index (χ0) is 14.5. The summed E-state index contributed by atoms with van der Waals surface area (Å²) >= 11 is 3.06. The Bertz CT molecular complexity index is 631. The highest BCUT2D eigenvalue weighted by molar-refractivity contribution is 9.10. The molecule has 0 bridgehead atoms. The minimum absolute atomic E-state index is 0.260. The summed E-state index contributed by atoms with van der Waals surface area (Å²) in [5, 5.41) is 2.80. The third-order valence-corrected chi connectivity index (χ3v) is 3.35. The number of halogens is 2. The van der Waals surface area contributed by atoms with Crippen LogP contribution in [-0.4, -0.2) is 13.0 Å². The molecule has 0 heterocycles. The molecule has 104 valence electrons. The van der Waals surface area contributed by atoms with E-state index in [2.05, 4.69) is 21.2 Å². The van der Waals surface area contributed by atoms with E-state index in [1.807, 2.05) is 18.2 Å². The number of rotatable bonds is 4. The van der Waals surface area contributed by atoms with Gasteiger partial charge < -0.3 is 10.1 Å². The molecule has 3 nitrogen and oxygen atoms in total. The monoisotopic (exact) mass is 337 g/mol. The van der Waals surface area contributed by atoms with Crippen molar-refractivity contribution in [3.05, 3.63) is 63.9 Å². The fraction of sp³-hybridized carbons (Fsp3) is 0.133. The van der Waals surface area contributed by atoms with Crippen molar-refractivity contribution >= 4 is 27.5 Å². The molecule has 0 aliphatic carbocycles. The van der Waals surface area contributed by atoms with Crippen molar-refractivity contribution in [2.24, 2.45) is 0 Å². The molecule has 0 aliphatic heterocycles. The molecule has 2 aromatic rings. The van der Waals surface area contributed by atoms with Crippen molar-refractivity contribution in [2.45, 2.75) is 6.61 Å². The predicted octanol–water partition coefficient (Wildman–Crippen LogP) is 3.99. The minimum Gasteiger partial charge on any atom is -0.380 e. The van der Waals surface area contributed by atoms with Gasteiger partial charge in [-0.25, -0.2) is 4.39 Å². The van der Waals surface area contributed by atoms with Gasteiger partial charge in [0.2, 0.25) is 0 Å². The normalized spacial score (nSPS) is 10.3. The van der Waals surface area contributed by atoms with Crippen molar-refractivity contribution in [1.82, 2.24) is 0 Å². The molecule has 5 heteroatoms. The Morgan fingerprint density at radius 1 is 1.30 bits per heavy atom. The van der Waals surface area contributed by atoms with E-state index in [1.54, 1.807) is 13.2 Å². The molecule has 0 aromatic heterocycles. The molecule has 0 radical (unpaired) electrons. The van der Waals surface area contributed by atoms with Crippen molar-refractivity contribution < 1.29 is 13.9 Å². The van der Waals surface area contributed by atoms with Crippen LogP contribution in [0.5, 0.6) is 0 Å². The molecule has 0 fully saturated rings. The van der Waals surface area contributed by atoms with Crippen LogP contribution >= 0.6 is 15.9 Å². The highest BCUT2D eigenvalue weighted by Gasteiger charge is 2.10. The fourth-order valence-corrected chi connectivity index (χ4v) is 2.13. The third-order valence-electron chi connectivity index (χ3n) is 2.75. The van der Waals surface area contributed by atoms with Gasteiger partial charge >= 0.3 is 0 Å². The van der Waals surface area contributed by atoms with Crippen molar-refractivity contribution in [3.8, 4) is 0 Å². The van der Waals surface area contributed by atoms with Gasteiger partial charge in [-0.1, -0.05) is 18.2 Å². The molecule has 0 spiro atoms. The molecule has 2 aromatic carbocycles. The fourth-order valence-electron chi connectivity index (χ4n) is 1.76. The average molecular weight is 338 g/mol. The molecule has 20 heavy (non-hydrogen) atoms. The van der Waals surface area contributed by atoms with Crippen molar-refractivity contribution in [1.29, 1.82) is 0 Å². The first-order valence-corrected chi connectivity index (χ1v) is 6.74. The molecule has 2 rings (SSSR count). The van der Waals surface area contributed by atoms with E-state index in [1.165, 1.54) is 18.2 Å². The lowest BCUT2D eigenvalue weighted by atomic mass is 10.1. The van der Waals surface area contributed by atoms with E-state index >= 15 is 0 Å². The summed E-state index contributed by atoms with van der Waals surface area (Å²) < 4.78 is 18.5. The zero-order valence-electron chi connectivity index (χ0n) is 10.8. The number of amides is 1. The summed E-state index contributed by atoms with van der Waals surface area (Å²) in [6.45, 7) is 0.406. The quantitative estimate of drug-likeness (QED) is 0.916. The number of anilines is 1. The zero-order valence-corrected chi connectivity index (χ0v) is 12.4. The number of carbonyl (C=O) groups is 1. The van der Waals surface area contributed by atoms with E-state index < -0.39 is 5.82 Å². The van der Waals surface area contributed by atoms with Gasteiger partial charge in [-0.2, -0.15) is 0 Å². The number of ether oxygens (including phenoxy) is 1. The molecule has 0 atom stereocenters. The number of methoxy groups -OCH3 is 1. The van der Waals surface area contributed by atoms with E-state index in [4.69, 9.17) is 4.74 Å². The molecule has 0 unspecified atom stereocenters.